The number of hydrogen-bond acceptors (Lipinski definition) is 4. The fraction of sp³-hybridized carbons (Fsp3) is 0.462. The summed E-state index contributed by atoms with van der Waals surface area (Å²) >= 11 is 11.8. The zero-order valence-electron chi connectivity index (χ0n) is 10.7. The summed E-state index contributed by atoms with van der Waals surface area (Å²) in [6.45, 7) is 1.63. The van der Waals surface area contributed by atoms with E-state index in [1.54, 1.807) is 12.1 Å². The number of esters is 1. The first-order valence-electron chi connectivity index (χ1n) is 5.90. The summed E-state index contributed by atoms with van der Waals surface area (Å²) in [6, 6.07) is 5.39. The van der Waals surface area contributed by atoms with Crippen molar-refractivity contribution in [3.63, 3.8) is 0 Å². The van der Waals surface area contributed by atoms with Crippen LogP contribution in [0.1, 0.15) is 12.0 Å². The van der Waals surface area contributed by atoms with Gasteiger partial charge in [-0.1, -0.05) is 29.3 Å². The van der Waals surface area contributed by atoms with E-state index in [9.17, 15) is 4.79 Å². The number of halogens is 2. The predicted molar refractivity (Wildman–Crippen MR) is 75.5 cm³/mol. The molecule has 0 aliphatic carbocycles. The van der Waals surface area contributed by atoms with E-state index in [4.69, 9.17) is 28.3 Å². The Morgan fingerprint density at radius 1 is 1.32 bits per heavy atom. The summed E-state index contributed by atoms with van der Waals surface area (Å²) in [5.74, 6) is -0.267. The van der Waals surface area contributed by atoms with E-state index < -0.39 is 0 Å². The summed E-state index contributed by atoms with van der Waals surface area (Å²) in [6.07, 6.45) is 0.290. The van der Waals surface area contributed by atoms with Crippen LogP contribution in [0.15, 0.2) is 18.2 Å². The molecule has 0 atom stereocenters. The van der Waals surface area contributed by atoms with Crippen molar-refractivity contribution in [3.8, 4) is 0 Å². The maximum Gasteiger partial charge on any atom is 0.306 e. The van der Waals surface area contributed by atoms with Gasteiger partial charge in [0.15, 0.2) is 0 Å². The highest BCUT2D eigenvalue weighted by molar-refractivity contribution is 6.42. The zero-order chi connectivity index (χ0) is 14.3. The quantitative estimate of drug-likeness (QED) is 0.786. The van der Waals surface area contributed by atoms with E-state index in [2.05, 4.69) is 4.74 Å². The van der Waals surface area contributed by atoms with Gasteiger partial charge in [-0.2, -0.15) is 0 Å². The van der Waals surface area contributed by atoms with Gasteiger partial charge in [0.2, 0.25) is 0 Å². The van der Waals surface area contributed by atoms with Crippen LogP contribution in [0.3, 0.4) is 0 Å². The van der Waals surface area contributed by atoms with E-state index in [1.165, 1.54) is 7.11 Å². The fourth-order valence-corrected chi connectivity index (χ4v) is 1.98. The lowest BCUT2D eigenvalue weighted by Gasteiger charge is -2.21. The number of benzene rings is 1. The summed E-state index contributed by atoms with van der Waals surface area (Å²) in [5, 5.41) is 10.0. The molecule has 1 N–H and O–H groups in total. The van der Waals surface area contributed by atoms with Crippen LogP contribution < -0.4 is 0 Å². The third-order valence-electron chi connectivity index (χ3n) is 2.67. The van der Waals surface area contributed by atoms with Crippen LogP contribution in [0.5, 0.6) is 0 Å². The van der Waals surface area contributed by atoms with Crippen LogP contribution in [0, 0.1) is 0 Å². The van der Waals surface area contributed by atoms with Gasteiger partial charge in [-0.05, 0) is 17.7 Å². The molecule has 0 spiro atoms. The molecule has 4 nitrogen and oxygen atoms in total. The summed E-state index contributed by atoms with van der Waals surface area (Å²) in [5.41, 5.74) is 0.979. The van der Waals surface area contributed by atoms with Crippen LogP contribution in [-0.4, -0.2) is 42.8 Å². The number of ether oxygens (including phenoxy) is 1. The lowest BCUT2D eigenvalue weighted by molar-refractivity contribution is -0.141. The molecule has 0 heterocycles. The molecule has 1 aromatic carbocycles. The predicted octanol–water partition coefficient (Wildman–Crippen LogP) is 2.35. The lowest BCUT2D eigenvalue weighted by atomic mass is 10.2. The normalized spacial score (nSPS) is 10.8. The van der Waals surface area contributed by atoms with Crippen molar-refractivity contribution in [2.75, 3.05) is 26.8 Å². The van der Waals surface area contributed by atoms with Gasteiger partial charge in [0.1, 0.15) is 0 Å². The molecule has 1 rings (SSSR count). The molecule has 0 aliphatic rings. The van der Waals surface area contributed by atoms with Crippen molar-refractivity contribution >= 4 is 29.2 Å². The fourth-order valence-electron chi connectivity index (χ4n) is 1.66. The second-order valence-electron chi connectivity index (χ2n) is 4.07. The van der Waals surface area contributed by atoms with Crippen LogP contribution in [0.25, 0.3) is 0 Å². The molecule has 0 saturated carbocycles. The summed E-state index contributed by atoms with van der Waals surface area (Å²) < 4.78 is 4.60. The third kappa shape index (κ3) is 5.78. The Morgan fingerprint density at radius 3 is 2.63 bits per heavy atom. The van der Waals surface area contributed by atoms with Crippen molar-refractivity contribution in [1.29, 1.82) is 0 Å². The average molecular weight is 306 g/mol. The minimum atomic E-state index is -0.267. The van der Waals surface area contributed by atoms with Crippen molar-refractivity contribution in [2.45, 2.75) is 13.0 Å². The molecule has 0 aromatic heterocycles. The Bertz CT molecular complexity index is 426. The molecule has 0 radical (unpaired) electrons. The van der Waals surface area contributed by atoms with Gasteiger partial charge in [-0.15, -0.1) is 0 Å². The molecular formula is C13H17Cl2NO3. The molecule has 0 unspecified atom stereocenters. The maximum absolute atomic E-state index is 11.1. The van der Waals surface area contributed by atoms with E-state index >= 15 is 0 Å². The number of carbonyl (C=O) groups excluding carboxylic acids is 1. The summed E-state index contributed by atoms with van der Waals surface area (Å²) in [4.78, 5) is 13.1. The van der Waals surface area contributed by atoms with E-state index in [-0.39, 0.29) is 19.0 Å². The number of aliphatic hydroxyl groups is 1. The van der Waals surface area contributed by atoms with Crippen LogP contribution in [-0.2, 0) is 16.1 Å². The highest BCUT2D eigenvalue weighted by Gasteiger charge is 2.09. The Hall–Kier alpha value is -0.810. The third-order valence-corrected chi connectivity index (χ3v) is 3.41. The van der Waals surface area contributed by atoms with Crippen molar-refractivity contribution in [2.24, 2.45) is 0 Å². The van der Waals surface area contributed by atoms with Gasteiger partial charge >= 0.3 is 5.97 Å². The van der Waals surface area contributed by atoms with Crippen LogP contribution in [0.2, 0.25) is 10.0 Å². The standard InChI is InChI=1S/C13H17Cl2NO3/c1-19-13(18)4-5-16(6-7-17)9-10-2-3-11(14)12(15)8-10/h2-3,8,17H,4-7,9H2,1H3. The first-order chi connectivity index (χ1) is 9.06. The average Bonchev–Trinajstić information content (AvgIpc) is 2.40. The first-order valence-corrected chi connectivity index (χ1v) is 6.66. The van der Waals surface area contributed by atoms with Gasteiger partial charge in [0.05, 0.1) is 30.2 Å². The van der Waals surface area contributed by atoms with E-state index in [0.717, 1.165) is 5.56 Å². The maximum atomic E-state index is 11.1. The lowest BCUT2D eigenvalue weighted by Crippen LogP contribution is -2.29. The molecule has 0 fully saturated rings. The number of nitrogens with zero attached hydrogens (tertiary/aromatic N) is 1. The van der Waals surface area contributed by atoms with Gasteiger partial charge in [0, 0.05) is 19.6 Å². The molecular weight excluding hydrogens is 289 g/mol. The molecule has 19 heavy (non-hydrogen) atoms. The molecule has 6 heteroatoms. The largest absolute Gasteiger partial charge is 0.469 e. The zero-order valence-corrected chi connectivity index (χ0v) is 12.2. The Balaban J connectivity index is 2.61. The number of hydrogen-bond donors (Lipinski definition) is 1. The first kappa shape index (κ1) is 16.2. The van der Waals surface area contributed by atoms with Gasteiger partial charge in [0.25, 0.3) is 0 Å². The van der Waals surface area contributed by atoms with Crippen LogP contribution >= 0.6 is 23.2 Å². The SMILES string of the molecule is COC(=O)CCN(CCO)Cc1ccc(Cl)c(Cl)c1. The van der Waals surface area contributed by atoms with Crippen molar-refractivity contribution in [1.82, 2.24) is 4.90 Å². The minimum Gasteiger partial charge on any atom is -0.469 e. The second kappa shape index (κ2) is 8.38. The Morgan fingerprint density at radius 2 is 2.05 bits per heavy atom. The molecule has 106 valence electrons. The van der Waals surface area contributed by atoms with Crippen molar-refractivity contribution < 1.29 is 14.6 Å². The topological polar surface area (TPSA) is 49.8 Å². The monoisotopic (exact) mass is 305 g/mol. The molecule has 0 aliphatic heterocycles. The minimum absolute atomic E-state index is 0.0303. The molecule has 0 saturated heterocycles. The number of carbonyl (C=O) groups is 1. The Kier molecular flexibility index (Phi) is 7.16. The van der Waals surface area contributed by atoms with Gasteiger partial charge in [-0.3, -0.25) is 9.69 Å². The second-order valence-corrected chi connectivity index (χ2v) is 4.89. The molecule has 0 amide bonds. The smallest absolute Gasteiger partial charge is 0.306 e. The highest BCUT2D eigenvalue weighted by Crippen LogP contribution is 2.23. The van der Waals surface area contributed by atoms with E-state index in [0.29, 0.717) is 29.7 Å². The van der Waals surface area contributed by atoms with Crippen molar-refractivity contribution in [3.05, 3.63) is 33.8 Å². The number of aliphatic hydroxyl groups excluding tert-OH is 1. The van der Waals surface area contributed by atoms with E-state index in [1.807, 2.05) is 11.0 Å². The molecule has 0 bridgehead atoms. The Labute approximate surface area is 122 Å². The number of methoxy groups -OCH3 is 1. The van der Waals surface area contributed by atoms with Gasteiger partial charge in [-0.25, -0.2) is 0 Å². The van der Waals surface area contributed by atoms with Crippen LogP contribution in [0.4, 0.5) is 0 Å². The highest BCUT2D eigenvalue weighted by atomic mass is 35.5. The number of rotatable bonds is 7. The molecule has 1 aromatic rings. The van der Waals surface area contributed by atoms with Gasteiger partial charge < -0.3 is 9.84 Å². The summed E-state index contributed by atoms with van der Waals surface area (Å²) in [7, 11) is 1.36.